The molecule has 0 bridgehead atoms. The number of hydrogen-bond donors (Lipinski definition) is 2. The number of anilines is 5. The molecule has 3 aromatic rings. The number of nitrogens with one attached hydrogen (secondary N) is 2. The topological polar surface area (TPSA) is 108 Å². The standard InChI is InChI=1S/C37H48N8O4/c1-4-37(46)41-30-22-31(40-35-24-36(39-25-38-35)45-32(13-20-49-45)26-7-5-10-29(21-26)47-2)34(48-3)23-33(30)44-14-11-28(12-15-44)43-18-16-42(17-19-43)27-8-6-9-27/h4-5,7,10,21-25,27-28,32H,1,6,8-9,11-20H2,2-3H3,(H,41,46)(H,38,39,40)/t32-/m1/s1. The predicted octanol–water partition coefficient (Wildman–Crippen LogP) is 5.38. The van der Waals surface area contributed by atoms with Gasteiger partial charge in [-0.1, -0.05) is 25.1 Å². The van der Waals surface area contributed by atoms with Crippen molar-refractivity contribution in [2.75, 3.05) is 80.7 Å². The minimum absolute atomic E-state index is 0.0199. The van der Waals surface area contributed by atoms with E-state index in [1.165, 1.54) is 44.8 Å². The maximum atomic E-state index is 12.6. The molecule has 2 aromatic carbocycles. The lowest BCUT2D eigenvalue weighted by atomic mass is 9.91. The molecule has 2 N–H and O–H groups in total. The van der Waals surface area contributed by atoms with Gasteiger partial charge in [0.25, 0.3) is 0 Å². The van der Waals surface area contributed by atoms with Crippen molar-refractivity contribution in [3.8, 4) is 11.5 Å². The highest BCUT2D eigenvalue weighted by Gasteiger charge is 2.33. The smallest absolute Gasteiger partial charge is 0.247 e. The maximum absolute atomic E-state index is 12.6. The van der Waals surface area contributed by atoms with E-state index in [2.05, 4.69) is 47.9 Å². The van der Waals surface area contributed by atoms with E-state index >= 15 is 0 Å². The van der Waals surface area contributed by atoms with Crippen molar-refractivity contribution >= 4 is 34.6 Å². The summed E-state index contributed by atoms with van der Waals surface area (Å²) >= 11 is 0. The molecule has 12 heteroatoms. The summed E-state index contributed by atoms with van der Waals surface area (Å²) in [6.45, 7) is 10.8. The first-order valence-electron chi connectivity index (χ1n) is 17.6. The Kier molecular flexibility index (Phi) is 10.2. The van der Waals surface area contributed by atoms with Gasteiger partial charge in [0.05, 0.1) is 43.9 Å². The molecule has 1 atom stereocenters. The molecule has 0 radical (unpaired) electrons. The molecule has 3 saturated heterocycles. The predicted molar refractivity (Wildman–Crippen MR) is 192 cm³/mol. The number of methoxy groups -OCH3 is 2. The first-order chi connectivity index (χ1) is 24.0. The Morgan fingerprint density at radius 2 is 1.65 bits per heavy atom. The highest BCUT2D eigenvalue weighted by Crippen LogP contribution is 2.41. The zero-order valence-electron chi connectivity index (χ0n) is 28.6. The first kappa shape index (κ1) is 33.1. The van der Waals surface area contributed by atoms with Crippen molar-refractivity contribution in [3.05, 3.63) is 67.0 Å². The zero-order valence-corrected chi connectivity index (χ0v) is 28.6. The number of hydroxylamine groups is 1. The fraction of sp³-hybridized carbons (Fsp3) is 0.486. The number of nitrogens with zero attached hydrogens (tertiary/aromatic N) is 6. The third kappa shape index (κ3) is 7.31. The molecule has 1 aliphatic carbocycles. The molecule has 4 heterocycles. The van der Waals surface area contributed by atoms with Gasteiger partial charge >= 0.3 is 0 Å². The molecule has 49 heavy (non-hydrogen) atoms. The first-order valence-corrected chi connectivity index (χ1v) is 17.6. The van der Waals surface area contributed by atoms with Gasteiger partial charge in [-0.25, -0.2) is 15.0 Å². The lowest BCUT2D eigenvalue weighted by Gasteiger charge is -2.46. The zero-order chi connectivity index (χ0) is 33.7. The number of ether oxygens (including phenoxy) is 2. The molecule has 0 unspecified atom stereocenters. The summed E-state index contributed by atoms with van der Waals surface area (Å²) in [6, 6.07) is 15.2. The highest BCUT2D eigenvalue weighted by atomic mass is 16.7. The average molecular weight is 669 g/mol. The van der Waals surface area contributed by atoms with Crippen LogP contribution in [0.2, 0.25) is 0 Å². The molecular formula is C37H48N8O4. The molecule has 4 aliphatic rings. The van der Waals surface area contributed by atoms with E-state index in [4.69, 9.17) is 14.3 Å². The minimum Gasteiger partial charge on any atom is -0.497 e. The van der Waals surface area contributed by atoms with E-state index < -0.39 is 0 Å². The number of amides is 1. The summed E-state index contributed by atoms with van der Waals surface area (Å²) in [5, 5.41) is 8.28. The Bertz CT molecular complexity index is 1620. The molecule has 4 fully saturated rings. The second-order valence-electron chi connectivity index (χ2n) is 13.3. The second-order valence-corrected chi connectivity index (χ2v) is 13.3. The summed E-state index contributed by atoms with van der Waals surface area (Å²) in [5.74, 6) is 2.37. The summed E-state index contributed by atoms with van der Waals surface area (Å²) in [6.07, 6.45) is 9.93. The van der Waals surface area contributed by atoms with Crippen LogP contribution in [-0.4, -0.2) is 97.9 Å². The van der Waals surface area contributed by atoms with E-state index in [1.54, 1.807) is 14.2 Å². The van der Waals surface area contributed by atoms with Gasteiger partial charge in [0, 0.05) is 69.9 Å². The largest absolute Gasteiger partial charge is 0.497 e. The summed E-state index contributed by atoms with van der Waals surface area (Å²) in [4.78, 5) is 35.4. The van der Waals surface area contributed by atoms with Crippen LogP contribution < -0.4 is 30.1 Å². The number of piperazine rings is 1. The molecule has 0 spiro atoms. The molecule has 12 nitrogen and oxygen atoms in total. The normalized spacial score (nSPS) is 20.9. The number of carbonyl (C=O) groups excluding carboxylic acids is 1. The fourth-order valence-corrected chi connectivity index (χ4v) is 7.59. The molecule has 7 rings (SSSR count). The Balaban J connectivity index is 1.07. The highest BCUT2D eigenvalue weighted by molar-refractivity contribution is 6.02. The lowest BCUT2D eigenvalue weighted by molar-refractivity contribution is -0.111. The van der Waals surface area contributed by atoms with Gasteiger partial charge in [0.15, 0.2) is 5.82 Å². The number of rotatable bonds is 11. The number of carbonyl (C=O) groups is 1. The number of aromatic nitrogens is 2. The van der Waals surface area contributed by atoms with Gasteiger partial charge in [0.2, 0.25) is 5.91 Å². The van der Waals surface area contributed by atoms with E-state index in [9.17, 15) is 4.79 Å². The van der Waals surface area contributed by atoms with Crippen LogP contribution in [0.5, 0.6) is 11.5 Å². The van der Waals surface area contributed by atoms with Crippen LogP contribution in [0.3, 0.4) is 0 Å². The van der Waals surface area contributed by atoms with Crippen LogP contribution in [0.4, 0.5) is 28.7 Å². The van der Waals surface area contributed by atoms with E-state index in [-0.39, 0.29) is 11.9 Å². The van der Waals surface area contributed by atoms with Crippen molar-refractivity contribution in [2.24, 2.45) is 0 Å². The van der Waals surface area contributed by atoms with Crippen LogP contribution >= 0.6 is 0 Å². The number of hydrogen-bond acceptors (Lipinski definition) is 11. The van der Waals surface area contributed by atoms with Crippen LogP contribution in [0.25, 0.3) is 0 Å². The summed E-state index contributed by atoms with van der Waals surface area (Å²) in [7, 11) is 3.32. The van der Waals surface area contributed by atoms with Crippen LogP contribution in [0.15, 0.2) is 61.4 Å². The molecule has 1 aromatic heterocycles. The van der Waals surface area contributed by atoms with E-state index in [0.717, 1.165) is 68.5 Å². The van der Waals surface area contributed by atoms with Crippen molar-refractivity contribution in [1.82, 2.24) is 19.8 Å². The molecule has 1 amide bonds. The van der Waals surface area contributed by atoms with Gasteiger partial charge < -0.3 is 25.0 Å². The second kappa shape index (κ2) is 15.0. The molecular weight excluding hydrogens is 620 g/mol. The van der Waals surface area contributed by atoms with Crippen LogP contribution in [0.1, 0.15) is 50.1 Å². The Labute approximate surface area is 289 Å². The van der Waals surface area contributed by atoms with Crippen LogP contribution in [-0.2, 0) is 9.63 Å². The van der Waals surface area contributed by atoms with Gasteiger partial charge in [-0.3, -0.25) is 19.4 Å². The van der Waals surface area contributed by atoms with Crippen molar-refractivity contribution in [2.45, 2.75) is 56.7 Å². The minimum atomic E-state index is -0.268. The maximum Gasteiger partial charge on any atom is 0.247 e. The van der Waals surface area contributed by atoms with Crippen molar-refractivity contribution in [3.63, 3.8) is 0 Å². The van der Waals surface area contributed by atoms with Gasteiger partial charge in [0.1, 0.15) is 23.6 Å². The third-order valence-corrected chi connectivity index (χ3v) is 10.5. The van der Waals surface area contributed by atoms with E-state index in [0.29, 0.717) is 41.4 Å². The number of benzene rings is 2. The van der Waals surface area contributed by atoms with Gasteiger partial charge in [-0.15, -0.1) is 0 Å². The van der Waals surface area contributed by atoms with Crippen molar-refractivity contribution in [1.29, 1.82) is 0 Å². The quantitative estimate of drug-likeness (QED) is 0.257. The third-order valence-electron chi connectivity index (χ3n) is 10.5. The number of piperidine rings is 1. The van der Waals surface area contributed by atoms with E-state index in [1.807, 2.05) is 41.5 Å². The van der Waals surface area contributed by atoms with Gasteiger partial charge in [-0.05, 0) is 55.5 Å². The lowest BCUT2D eigenvalue weighted by Crippen LogP contribution is -2.56. The molecule has 1 saturated carbocycles. The molecule has 260 valence electrons. The SMILES string of the molecule is C=CC(=O)Nc1cc(Nc2cc(N3OCC[C@@H]3c3cccc(OC)c3)ncn2)c(OC)cc1N1CCC(N2CCN(C3CCC3)CC2)CC1. The summed E-state index contributed by atoms with van der Waals surface area (Å²) < 4.78 is 11.3. The Hall–Kier alpha value is -4.39. The Morgan fingerprint density at radius 3 is 2.33 bits per heavy atom. The average Bonchev–Trinajstić information content (AvgIpc) is 3.62. The summed E-state index contributed by atoms with van der Waals surface area (Å²) in [5.41, 5.74) is 3.37. The van der Waals surface area contributed by atoms with Crippen molar-refractivity contribution < 1.29 is 19.1 Å². The van der Waals surface area contributed by atoms with Gasteiger partial charge in [-0.2, -0.15) is 0 Å². The Morgan fingerprint density at radius 1 is 0.898 bits per heavy atom. The molecule has 3 aliphatic heterocycles. The van der Waals surface area contributed by atoms with Crippen LogP contribution in [0, 0.1) is 0 Å². The fourth-order valence-electron chi connectivity index (χ4n) is 7.59. The monoisotopic (exact) mass is 668 g/mol.